The van der Waals surface area contributed by atoms with Crippen LogP contribution < -0.4 is 21.7 Å². The number of hydrogen-bond donors (Lipinski definition) is 3. The van der Waals surface area contributed by atoms with E-state index in [9.17, 15) is 9.59 Å². The highest BCUT2D eigenvalue weighted by Crippen LogP contribution is 2.21. The second-order valence-corrected chi connectivity index (χ2v) is 6.09. The third-order valence-corrected chi connectivity index (χ3v) is 3.91. The van der Waals surface area contributed by atoms with Gasteiger partial charge in [-0.25, -0.2) is 0 Å². The summed E-state index contributed by atoms with van der Waals surface area (Å²) in [5, 5.41) is 10.9. The van der Waals surface area contributed by atoms with E-state index in [1.165, 1.54) is 0 Å². The molecule has 0 bridgehead atoms. The molecule has 2 aromatic rings. The van der Waals surface area contributed by atoms with Gasteiger partial charge in [0.05, 0.1) is 17.9 Å². The summed E-state index contributed by atoms with van der Waals surface area (Å²) in [6.07, 6.45) is 0. The molecule has 2 aromatic carbocycles. The average molecular weight is 368 g/mol. The zero-order chi connectivity index (χ0) is 19.8. The lowest BCUT2D eigenvalue weighted by Crippen LogP contribution is -2.48. The lowest BCUT2D eigenvalue weighted by atomic mass is 10.1. The highest BCUT2D eigenvalue weighted by Gasteiger charge is 2.18. The van der Waals surface area contributed by atoms with Gasteiger partial charge in [0.1, 0.15) is 6.04 Å². The average Bonchev–Trinajstić information content (AvgIpc) is 2.70. The first-order valence-electron chi connectivity index (χ1n) is 8.47. The number of azo groups is 1. The first-order valence-corrected chi connectivity index (χ1v) is 8.47. The monoisotopic (exact) mass is 368 g/mol. The molecular formula is C19H24N6O2. The second kappa shape index (κ2) is 9.56. The summed E-state index contributed by atoms with van der Waals surface area (Å²) in [5.74, 6) is -0.702. The molecule has 0 saturated carbocycles. The summed E-state index contributed by atoms with van der Waals surface area (Å²) in [7, 11) is 3.94. The van der Waals surface area contributed by atoms with Gasteiger partial charge in [0.15, 0.2) is 5.78 Å². The molecular weight excluding hydrogens is 344 g/mol. The van der Waals surface area contributed by atoms with Crippen molar-refractivity contribution in [3.05, 3.63) is 54.1 Å². The molecule has 1 amide bonds. The summed E-state index contributed by atoms with van der Waals surface area (Å²) in [4.78, 5) is 25.8. The van der Waals surface area contributed by atoms with Crippen LogP contribution in [-0.2, 0) is 4.79 Å². The molecule has 1 atom stereocenters. The molecule has 0 fully saturated rings. The number of carbonyl (C=O) groups is 2. The molecule has 0 spiro atoms. The van der Waals surface area contributed by atoms with Gasteiger partial charge in [0.2, 0.25) is 0 Å². The number of nitrogens with two attached hydrogens (primary N) is 2. The molecule has 0 aliphatic carbocycles. The fourth-order valence-electron chi connectivity index (χ4n) is 2.27. The summed E-state index contributed by atoms with van der Waals surface area (Å²) >= 11 is 0. The van der Waals surface area contributed by atoms with Crippen LogP contribution in [0.1, 0.15) is 10.4 Å². The van der Waals surface area contributed by atoms with E-state index in [0.717, 1.165) is 11.4 Å². The SMILES string of the molecule is CN(C)c1ccc(N=Nc2ccc(C(=O)NC(CN)C(=O)CN)cc2)cc1. The minimum Gasteiger partial charge on any atom is -0.378 e. The Morgan fingerprint density at radius 3 is 1.93 bits per heavy atom. The van der Waals surface area contributed by atoms with Crippen molar-refractivity contribution in [2.75, 3.05) is 32.1 Å². The lowest BCUT2D eigenvalue weighted by molar-refractivity contribution is -0.119. The molecule has 0 saturated heterocycles. The molecule has 8 nitrogen and oxygen atoms in total. The Morgan fingerprint density at radius 2 is 1.48 bits per heavy atom. The maximum atomic E-state index is 12.2. The van der Waals surface area contributed by atoms with Crippen molar-refractivity contribution in [3.63, 3.8) is 0 Å². The first kappa shape index (κ1) is 20.2. The Morgan fingerprint density at radius 1 is 0.963 bits per heavy atom. The third kappa shape index (κ3) is 5.70. The molecule has 0 heterocycles. The quantitative estimate of drug-likeness (QED) is 0.612. The molecule has 0 aromatic heterocycles. The normalized spacial score (nSPS) is 12.0. The molecule has 142 valence electrons. The number of ketones is 1. The molecule has 5 N–H and O–H groups in total. The number of hydrogen-bond acceptors (Lipinski definition) is 7. The van der Waals surface area contributed by atoms with Crippen molar-refractivity contribution in [2.24, 2.45) is 21.7 Å². The van der Waals surface area contributed by atoms with E-state index < -0.39 is 11.9 Å². The summed E-state index contributed by atoms with van der Waals surface area (Å²) < 4.78 is 0. The third-order valence-electron chi connectivity index (χ3n) is 3.91. The van der Waals surface area contributed by atoms with Crippen LogP contribution in [0, 0.1) is 0 Å². The van der Waals surface area contributed by atoms with Gasteiger partial charge in [0.25, 0.3) is 5.91 Å². The number of benzene rings is 2. The number of amides is 1. The number of rotatable bonds is 8. The highest BCUT2D eigenvalue weighted by atomic mass is 16.2. The van der Waals surface area contributed by atoms with Crippen molar-refractivity contribution in [1.29, 1.82) is 0 Å². The predicted molar refractivity (Wildman–Crippen MR) is 106 cm³/mol. The number of carbonyl (C=O) groups excluding carboxylic acids is 2. The summed E-state index contributed by atoms with van der Waals surface area (Å²) in [6.45, 7) is -0.169. The first-order chi connectivity index (χ1) is 12.9. The molecule has 27 heavy (non-hydrogen) atoms. The standard InChI is InChI=1S/C19H24N6O2/c1-25(2)16-9-7-15(8-10-16)24-23-14-5-3-13(4-6-14)19(27)22-17(11-20)18(26)12-21/h3-10,17H,11-12,20-21H2,1-2H3,(H,22,27). The van der Waals surface area contributed by atoms with Crippen LogP contribution in [0.25, 0.3) is 0 Å². The van der Waals surface area contributed by atoms with E-state index in [1.54, 1.807) is 24.3 Å². The van der Waals surface area contributed by atoms with E-state index in [0.29, 0.717) is 11.3 Å². The maximum absolute atomic E-state index is 12.2. The van der Waals surface area contributed by atoms with Crippen LogP contribution >= 0.6 is 0 Å². The van der Waals surface area contributed by atoms with Crippen LogP contribution in [0.4, 0.5) is 17.1 Å². The van der Waals surface area contributed by atoms with Gasteiger partial charge in [-0.15, -0.1) is 0 Å². The Hall–Kier alpha value is -3.10. The van der Waals surface area contributed by atoms with Gasteiger partial charge < -0.3 is 21.7 Å². The van der Waals surface area contributed by atoms with Gasteiger partial charge in [-0.1, -0.05) is 0 Å². The Labute approximate surface area is 158 Å². The molecule has 1 unspecified atom stereocenters. The van der Waals surface area contributed by atoms with Gasteiger partial charge in [-0.3, -0.25) is 9.59 Å². The van der Waals surface area contributed by atoms with E-state index >= 15 is 0 Å². The summed E-state index contributed by atoms with van der Waals surface area (Å²) in [5.41, 5.74) is 13.6. The van der Waals surface area contributed by atoms with Gasteiger partial charge in [0, 0.05) is 31.9 Å². The molecule has 8 heteroatoms. The smallest absolute Gasteiger partial charge is 0.251 e. The maximum Gasteiger partial charge on any atom is 0.251 e. The van der Waals surface area contributed by atoms with Crippen LogP contribution in [0.3, 0.4) is 0 Å². The van der Waals surface area contributed by atoms with Gasteiger partial charge >= 0.3 is 0 Å². The van der Waals surface area contributed by atoms with E-state index in [-0.39, 0.29) is 18.9 Å². The number of nitrogens with one attached hydrogen (secondary N) is 1. The fraction of sp³-hybridized carbons (Fsp3) is 0.263. The van der Waals surface area contributed by atoms with E-state index in [2.05, 4.69) is 15.5 Å². The number of nitrogens with zero attached hydrogens (tertiary/aromatic N) is 3. The lowest BCUT2D eigenvalue weighted by Gasteiger charge is -2.14. The predicted octanol–water partition coefficient (Wildman–Crippen LogP) is 1.75. The van der Waals surface area contributed by atoms with Crippen molar-refractivity contribution in [3.8, 4) is 0 Å². The zero-order valence-electron chi connectivity index (χ0n) is 15.4. The largest absolute Gasteiger partial charge is 0.378 e. The van der Waals surface area contributed by atoms with Crippen molar-refractivity contribution >= 4 is 28.8 Å². The minimum atomic E-state index is -0.785. The molecule has 0 radical (unpaired) electrons. The number of Topliss-reactive ketones (excluding diaryl/α,β-unsaturated/α-hetero) is 1. The molecule has 0 aliphatic heterocycles. The minimum absolute atomic E-state index is 0.000677. The van der Waals surface area contributed by atoms with Gasteiger partial charge in [-0.2, -0.15) is 10.2 Å². The van der Waals surface area contributed by atoms with Crippen LogP contribution in [0.2, 0.25) is 0 Å². The van der Waals surface area contributed by atoms with Crippen molar-refractivity contribution in [1.82, 2.24) is 5.32 Å². The van der Waals surface area contributed by atoms with Crippen LogP contribution in [-0.4, -0.2) is 44.9 Å². The topological polar surface area (TPSA) is 126 Å². The van der Waals surface area contributed by atoms with E-state index in [1.807, 2.05) is 43.3 Å². The van der Waals surface area contributed by atoms with Gasteiger partial charge in [-0.05, 0) is 48.5 Å². The van der Waals surface area contributed by atoms with Crippen molar-refractivity contribution in [2.45, 2.75) is 6.04 Å². The number of anilines is 1. The fourth-order valence-corrected chi connectivity index (χ4v) is 2.27. The Balaban J connectivity index is 2.01. The molecule has 0 aliphatic rings. The zero-order valence-corrected chi connectivity index (χ0v) is 15.4. The summed E-state index contributed by atoms with van der Waals surface area (Å²) in [6, 6.07) is 13.5. The second-order valence-electron chi connectivity index (χ2n) is 6.09. The van der Waals surface area contributed by atoms with E-state index in [4.69, 9.17) is 11.5 Å². The van der Waals surface area contributed by atoms with Crippen molar-refractivity contribution < 1.29 is 9.59 Å². The Bertz CT molecular complexity index is 800. The van der Waals surface area contributed by atoms with Crippen LogP contribution in [0.15, 0.2) is 58.8 Å². The Kier molecular flexibility index (Phi) is 7.16. The highest BCUT2D eigenvalue weighted by molar-refractivity contribution is 5.98. The van der Waals surface area contributed by atoms with Crippen LogP contribution in [0.5, 0.6) is 0 Å². The molecule has 2 rings (SSSR count).